The highest BCUT2D eigenvalue weighted by Crippen LogP contribution is 2.72. The lowest BCUT2D eigenvalue weighted by Gasteiger charge is -2.31. The summed E-state index contributed by atoms with van der Waals surface area (Å²) in [6, 6.07) is 0. The molecular weight excluding hydrogens is 321 g/mol. The van der Waals surface area contributed by atoms with Gasteiger partial charge in [0, 0.05) is 0 Å². The molecular formula is C14H12FN5O4. The van der Waals surface area contributed by atoms with Crippen molar-refractivity contribution in [3.8, 4) is 12.3 Å². The molecule has 2 aliphatic heterocycles. The van der Waals surface area contributed by atoms with Crippen LogP contribution in [0.2, 0.25) is 0 Å². The topological polar surface area (TPSA) is 118 Å². The molecule has 0 aromatic carbocycles. The predicted octanol–water partition coefficient (Wildman–Crippen LogP) is -0.865. The molecule has 1 unspecified atom stereocenters. The number of fused-ring (bicyclic) bond motifs is 1. The quantitative estimate of drug-likeness (QED) is 0.682. The Balaban J connectivity index is 1.73. The van der Waals surface area contributed by atoms with E-state index in [1.54, 1.807) is 0 Å². The molecule has 3 aliphatic rings. The Kier molecular flexibility index (Phi) is 2.35. The molecule has 3 N–H and O–H groups in total. The minimum absolute atomic E-state index is 0.174. The molecule has 9 nitrogen and oxygen atoms in total. The molecule has 24 heavy (non-hydrogen) atoms. The standard InChI is InChI=1S/C14H12FN5O4/c1-2-12-11(20-5-19-7-8(16)17-4-18-9(7)20)24-13(3-15)10(21)14(12,13)23-6-22-12/h1,4-5,10-11,21H,3,6H2,(H2,16,17,18)/t10?,11-,12+,13-,14+/m1/s1. The van der Waals surface area contributed by atoms with E-state index < -0.39 is 35.8 Å². The van der Waals surface area contributed by atoms with Gasteiger partial charge in [0.05, 0.1) is 6.33 Å². The Morgan fingerprint density at radius 2 is 2.29 bits per heavy atom. The lowest BCUT2D eigenvalue weighted by Crippen LogP contribution is -2.48. The van der Waals surface area contributed by atoms with E-state index >= 15 is 0 Å². The van der Waals surface area contributed by atoms with Crippen molar-refractivity contribution in [2.45, 2.75) is 29.1 Å². The summed E-state index contributed by atoms with van der Waals surface area (Å²) in [6.07, 6.45) is 6.19. The Morgan fingerprint density at radius 1 is 1.46 bits per heavy atom. The van der Waals surface area contributed by atoms with Crippen molar-refractivity contribution in [2.75, 3.05) is 19.2 Å². The highest BCUT2D eigenvalue weighted by molar-refractivity contribution is 5.81. The van der Waals surface area contributed by atoms with Gasteiger partial charge in [0.25, 0.3) is 0 Å². The smallest absolute Gasteiger partial charge is 0.210 e. The summed E-state index contributed by atoms with van der Waals surface area (Å²) in [7, 11) is 0. The number of ether oxygens (including phenoxy) is 3. The van der Waals surface area contributed by atoms with Gasteiger partial charge in [-0.3, -0.25) is 4.57 Å². The minimum atomic E-state index is -1.57. The maximum Gasteiger partial charge on any atom is 0.210 e. The van der Waals surface area contributed by atoms with E-state index in [1.807, 2.05) is 0 Å². The first-order chi connectivity index (χ1) is 11.6. The van der Waals surface area contributed by atoms with Gasteiger partial charge < -0.3 is 25.1 Å². The Labute approximate surface area is 134 Å². The van der Waals surface area contributed by atoms with E-state index in [0.717, 1.165) is 0 Å². The first kappa shape index (κ1) is 14.1. The van der Waals surface area contributed by atoms with Gasteiger partial charge in [-0.05, 0) is 0 Å². The number of nitrogen functional groups attached to an aromatic ring is 1. The number of hydrogen-bond acceptors (Lipinski definition) is 8. The molecule has 3 fully saturated rings. The van der Waals surface area contributed by atoms with Crippen LogP contribution < -0.4 is 5.73 Å². The third kappa shape index (κ3) is 1.14. The summed E-state index contributed by atoms with van der Waals surface area (Å²) in [4.78, 5) is 12.2. The number of imidazole rings is 1. The van der Waals surface area contributed by atoms with Crippen LogP contribution in [0.4, 0.5) is 10.2 Å². The van der Waals surface area contributed by atoms with Crippen LogP contribution in [0.1, 0.15) is 6.23 Å². The van der Waals surface area contributed by atoms with Gasteiger partial charge in [-0.1, -0.05) is 5.92 Å². The van der Waals surface area contributed by atoms with Crippen molar-refractivity contribution in [1.82, 2.24) is 19.5 Å². The predicted molar refractivity (Wildman–Crippen MR) is 75.9 cm³/mol. The van der Waals surface area contributed by atoms with Crippen molar-refractivity contribution < 1.29 is 23.7 Å². The maximum atomic E-state index is 13.7. The van der Waals surface area contributed by atoms with Crippen molar-refractivity contribution >= 4 is 17.0 Å². The number of hydrogen-bond donors (Lipinski definition) is 2. The van der Waals surface area contributed by atoms with Crippen LogP contribution in [0.3, 0.4) is 0 Å². The molecule has 1 spiro atoms. The van der Waals surface area contributed by atoms with Crippen LogP contribution in [0, 0.1) is 12.3 Å². The number of aliphatic hydroxyl groups excluding tert-OH is 1. The molecule has 1 aliphatic carbocycles. The second-order valence-electron chi connectivity index (χ2n) is 6.00. The number of rotatable bonds is 2. The van der Waals surface area contributed by atoms with E-state index in [-0.39, 0.29) is 12.6 Å². The number of nitrogens with two attached hydrogens (primary N) is 1. The van der Waals surface area contributed by atoms with Crippen LogP contribution in [0.15, 0.2) is 12.7 Å². The number of halogens is 1. The molecule has 0 radical (unpaired) electrons. The number of nitrogens with zero attached hydrogens (tertiary/aromatic N) is 4. The average Bonchev–Trinajstić information content (AvgIpc) is 3.04. The second kappa shape index (κ2) is 4.01. The average molecular weight is 333 g/mol. The van der Waals surface area contributed by atoms with Gasteiger partial charge in [-0.2, -0.15) is 0 Å². The van der Waals surface area contributed by atoms with Crippen molar-refractivity contribution in [3.05, 3.63) is 12.7 Å². The monoisotopic (exact) mass is 333 g/mol. The maximum absolute atomic E-state index is 13.7. The van der Waals surface area contributed by atoms with Gasteiger partial charge >= 0.3 is 0 Å². The Morgan fingerprint density at radius 3 is 3.04 bits per heavy atom. The van der Waals surface area contributed by atoms with Crippen molar-refractivity contribution in [2.24, 2.45) is 0 Å². The van der Waals surface area contributed by atoms with Gasteiger partial charge in [0.1, 0.15) is 31.4 Å². The molecule has 0 bridgehead atoms. The zero-order valence-corrected chi connectivity index (χ0v) is 12.2. The zero-order chi connectivity index (χ0) is 16.7. The molecule has 2 aromatic heterocycles. The van der Waals surface area contributed by atoms with E-state index in [0.29, 0.717) is 11.2 Å². The zero-order valence-electron chi connectivity index (χ0n) is 12.2. The van der Waals surface area contributed by atoms with Gasteiger partial charge in [-0.15, -0.1) is 6.42 Å². The minimum Gasteiger partial charge on any atom is -0.387 e. The van der Waals surface area contributed by atoms with Crippen LogP contribution in [0.5, 0.6) is 0 Å². The first-order valence-corrected chi connectivity index (χ1v) is 7.18. The first-order valence-electron chi connectivity index (χ1n) is 7.18. The van der Waals surface area contributed by atoms with Crippen LogP contribution >= 0.6 is 0 Å². The molecule has 2 saturated heterocycles. The highest BCUT2D eigenvalue weighted by Gasteiger charge is 2.96. The van der Waals surface area contributed by atoms with Crippen LogP contribution in [0.25, 0.3) is 11.2 Å². The Hall–Kier alpha value is -2.32. The lowest BCUT2D eigenvalue weighted by molar-refractivity contribution is -0.144. The molecule has 2 aromatic rings. The van der Waals surface area contributed by atoms with Gasteiger partial charge in [0.15, 0.2) is 28.9 Å². The third-order valence-corrected chi connectivity index (χ3v) is 5.22. The van der Waals surface area contributed by atoms with Crippen LogP contribution in [-0.4, -0.2) is 61.0 Å². The number of aromatic nitrogens is 4. The molecule has 4 heterocycles. The van der Waals surface area contributed by atoms with E-state index in [1.165, 1.54) is 17.2 Å². The van der Waals surface area contributed by atoms with E-state index in [9.17, 15) is 9.50 Å². The lowest BCUT2D eigenvalue weighted by atomic mass is 9.92. The fraction of sp³-hybridized carbons (Fsp3) is 0.500. The normalized spacial score (nSPS) is 42.7. The molecule has 5 rings (SSSR count). The number of aliphatic hydroxyl groups is 1. The summed E-state index contributed by atoms with van der Waals surface area (Å²) < 4.78 is 32.3. The largest absolute Gasteiger partial charge is 0.387 e. The summed E-state index contributed by atoms with van der Waals surface area (Å²) in [5.74, 6) is 2.70. The van der Waals surface area contributed by atoms with E-state index in [4.69, 9.17) is 26.4 Å². The Bertz CT molecular complexity index is 914. The van der Waals surface area contributed by atoms with Gasteiger partial charge in [-0.25, -0.2) is 19.3 Å². The number of alkyl halides is 1. The molecule has 5 atom stereocenters. The highest BCUT2D eigenvalue weighted by atomic mass is 19.1. The molecule has 1 saturated carbocycles. The fourth-order valence-corrected chi connectivity index (χ4v) is 4.02. The van der Waals surface area contributed by atoms with E-state index in [2.05, 4.69) is 20.9 Å². The third-order valence-electron chi connectivity index (χ3n) is 5.22. The van der Waals surface area contributed by atoms with Crippen molar-refractivity contribution in [1.29, 1.82) is 0 Å². The number of terminal acetylenes is 1. The second-order valence-corrected chi connectivity index (χ2v) is 6.00. The molecule has 124 valence electrons. The number of anilines is 1. The summed E-state index contributed by atoms with van der Waals surface area (Å²) in [6.45, 7) is -1.15. The molecule has 0 amide bonds. The van der Waals surface area contributed by atoms with Gasteiger partial charge in [0.2, 0.25) is 5.60 Å². The fourth-order valence-electron chi connectivity index (χ4n) is 4.02. The summed E-state index contributed by atoms with van der Waals surface area (Å²) in [5, 5.41) is 10.3. The van der Waals surface area contributed by atoms with Crippen LogP contribution in [-0.2, 0) is 14.2 Å². The van der Waals surface area contributed by atoms with Crippen molar-refractivity contribution in [3.63, 3.8) is 0 Å². The summed E-state index contributed by atoms with van der Waals surface area (Å²) >= 11 is 0. The SMILES string of the molecule is C#C[C@@]12OCO[C@@]13C(O)[C@@]3(CF)O[C@H]2n1cnc2c(N)ncnc21. The molecule has 10 heteroatoms. The summed E-state index contributed by atoms with van der Waals surface area (Å²) in [5.41, 5.74) is 1.97.